The van der Waals surface area contributed by atoms with E-state index in [0.29, 0.717) is 43.4 Å². The highest BCUT2D eigenvalue weighted by atomic mass is 35.5. The maximum absolute atomic E-state index is 13.5. The largest absolute Gasteiger partial charge is 0.391 e. The number of aliphatic hydroxyl groups excluding tert-OH is 1. The molecule has 0 radical (unpaired) electrons. The van der Waals surface area contributed by atoms with Gasteiger partial charge >= 0.3 is 0 Å². The second kappa shape index (κ2) is 7.80. The molecule has 0 spiro atoms. The number of amides is 2. The minimum atomic E-state index is -0.453. The predicted octanol–water partition coefficient (Wildman–Crippen LogP) is 1.17. The first kappa shape index (κ1) is 20.3. The molecule has 30 heavy (non-hydrogen) atoms. The molecule has 8 nitrogen and oxygen atoms in total. The number of aliphatic hydroxyl groups is 1. The number of H-pyrrole nitrogens is 1. The van der Waals surface area contributed by atoms with E-state index >= 15 is 0 Å². The Labute approximate surface area is 181 Å². The molecule has 4 saturated heterocycles. The van der Waals surface area contributed by atoms with Crippen molar-refractivity contribution in [2.75, 3.05) is 26.2 Å². The summed E-state index contributed by atoms with van der Waals surface area (Å²) in [6.45, 7) is 5.17. The molecule has 0 aromatic carbocycles. The Bertz CT molecular complexity index is 845. The lowest BCUT2D eigenvalue weighted by atomic mass is 9.71. The molecule has 9 heteroatoms. The predicted molar refractivity (Wildman–Crippen MR) is 111 cm³/mol. The number of hydrogen-bond donors (Lipinski definition) is 2. The summed E-state index contributed by atoms with van der Waals surface area (Å²) in [5.41, 5.74) is 1.71. The van der Waals surface area contributed by atoms with Crippen LogP contribution in [0.4, 0.5) is 0 Å². The summed E-state index contributed by atoms with van der Waals surface area (Å²) in [5, 5.41) is 17.9. The molecule has 0 saturated carbocycles. The number of nitrogens with one attached hydrogen (secondary N) is 1. The van der Waals surface area contributed by atoms with Gasteiger partial charge in [0.15, 0.2) is 0 Å². The normalized spacial score (nSPS) is 34.4. The summed E-state index contributed by atoms with van der Waals surface area (Å²) in [4.78, 5) is 32.5. The smallest absolute Gasteiger partial charge is 0.245 e. The molecule has 2 bridgehead atoms. The summed E-state index contributed by atoms with van der Waals surface area (Å²) < 4.78 is 0. The van der Waals surface area contributed by atoms with Gasteiger partial charge in [0.1, 0.15) is 6.04 Å². The second-order valence-corrected chi connectivity index (χ2v) is 9.87. The summed E-state index contributed by atoms with van der Waals surface area (Å²) >= 11 is 6.40. The first-order chi connectivity index (χ1) is 14.4. The third kappa shape index (κ3) is 3.42. The van der Waals surface area contributed by atoms with Crippen molar-refractivity contribution in [3.8, 4) is 0 Å². The van der Waals surface area contributed by atoms with Crippen LogP contribution in [0.1, 0.15) is 43.5 Å². The zero-order chi connectivity index (χ0) is 21.0. The van der Waals surface area contributed by atoms with E-state index in [-0.39, 0.29) is 23.8 Å². The van der Waals surface area contributed by atoms with Gasteiger partial charge in [-0.25, -0.2) is 0 Å². The van der Waals surface area contributed by atoms with Crippen LogP contribution in [0, 0.1) is 18.8 Å². The SMILES string of the molecule is Cc1[nH]nc(CN2C[C@@H]3C[C@H](C2)[C@H](C(=O)N2CC[C@@H](O)C2)N2C(=O)CCC[C@@H]32)c1Cl. The highest BCUT2D eigenvalue weighted by Crippen LogP contribution is 2.42. The zero-order valence-electron chi connectivity index (χ0n) is 17.4. The Hall–Kier alpha value is -1.64. The van der Waals surface area contributed by atoms with Crippen molar-refractivity contribution in [3.63, 3.8) is 0 Å². The number of nitrogens with zero attached hydrogens (tertiary/aromatic N) is 4. The third-order valence-electron chi connectivity index (χ3n) is 7.46. The number of aromatic amines is 1. The van der Waals surface area contributed by atoms with E-state index in [0.717, 1.165) is 43.7 Å². The minimum absolute atomic E-state index is 0.0192. The fraction of sp³-hybridized carbons (Fsp3) is 0.762. The van der Waals surface area contributed by atoms with E-state index < -0.39 is 12.1 Å². The molecule has 4 aliphatic rings. The van der Waals surface area contributed by atoms with Gasteiger partial charge in [-0.3, -0.25) is 19.6 Å². The first-order valence-electron chi connectivity index (χ1n) is 11.1. The van der Waals surface area contributed by atoms with Crippen LogP contribution in [-0.2, 0) is 16.1 Å². The molecule has 5 rings (SSSR count). The van der Waals surface area contributed by atoms with Crippen LogP contribution in [0.25, 0.3) is 0 Å². The fourth-order valence-electron chi connectivity index (χ4n) is 6.11. The second-order valence-electron chi connectivity index (χ2n) is 9.49. The Balaban J connectivity index is 1.41. The number of carbonyl (C=O) groups excluding carboxylic acids is 2. The van der Waals surface area contributed by atoms with E-state index in [9.17, 15) is 14.7 Å². The Kier molecular flexibility index (Phi) is 5.27. The van der Waals surface area contributed by atoms with Gasteiger partial charge in [0.05, 0.1) is 22.5 Å². The van der Waals surface area contributed by atoms with Crippen molar-refractivity contribution < 1.29 is 14.7 Å². The lowest BCUT2D eigenvalue weighted by molar-refractivity contribution is -0.165. The summed E-state index contributed by atoms with van der Waals surface area (Å²) in [5.74, 6) is 0.621. The van der Waals surface area contributed by atoms with Gasteiger partial charge in [-0.15, -0.1) is 0 Å². The summed E-state index contributed by atoms with van der Waals surface area (Å²) in [7, 11) is 0. The number of likely N-dealkylation sites (tertiary alicyclic amines) is 2. The van der Waals surface area contributed by atoms with E-state index in [1.54, 1.807) is 4.90 Å². The number of fused-ring (bicyclic) bond motifs is 4. The van der Waals surface area contributed by atoms with Crippen LogP contribution < -0.4 is 0 Å². The molecule has 2 N–H and O–H groups in total. The topological polar surface area (TPSA) is 92.8 Å². The molecular formula is C21H30ClN5O3. The Morgan fingerprint density at radius 1 is 1.27 bits per heavy atom. The number of aromatic nitrogens is 2. The van der Waals surface area contributed by atoms with E-state index in [1.165, 1.54) is 0 Å². The quantitative estimate of drug-likeness (QED) is 0.743. The van der Waals surface area contributed by atoms with Gasteiger partial charge in [0.25, 0.3) is 0 Å². The van der Waals surface area contributed by atoms with Crippen LogP contribution in [0.5, 0.6) is 0 Å². The number of aryl methyl sites for hydroxylation is 1. The molecule has 0 unspecified atom stereocenters. The summed E-state index contributed by atoms with van der Waals surface area (Å²) in [6, 6.07) is -0.285. The van der Waals surface area contributed by atoms with Crippen molar-refractivity contribution in [1.82, 2.24) is 24.9 Å². The highest BCUT2D eigenvalue weighted by molar-refractivity contribution is 6.31. The molecule has 5 heterocycles. The molecular weight excluding hydrogens is 406 g/mol. The third-order valence-corrected chi connectivity index (χ3v) is 7.96. The van der Waals surface area contributed by atoms with E-state index in [4.69, 9.17) is 11.6 Å². The number of halogens is 1. The van der Waals surface area contributed by atoms with E-state index in [1.807, 2.05) is 11.8 Å². The van der Waals surface area contributed by atoms with Crippen molar-refractivity contribution in [3.05, 3.63) is 16.4 Å². The minimum Gasteiger partial charge on any atom is -0.391 e. The highest BCUT2D eigenvalue weighted by Gasteiger charge is 2.53. The number of hydrogen-bond acceptors (Lipinski definition) is 5. The van der Waals surface area contributed by atoms with Crippen molar-refractivity contribution in [2.24, 2.45) is 11.8 Å². The zero-order valence-corrected chi connectivity index (χ0v) is 18.1. The van der Waals surface area contributed by atoms with Crippen LogP contribution >= 0.6 is 11.6 Å². The van der Waals surface area contributed by atoms with Crippen molar-refractivity contribution in [2.45, 2.75) is 63.8 Å². The molecule has 1 aromatic heterocycles. The first-order valence-corrected chi connectivity index (χ1v) is 11.5. The molecule has 4 aliphatic heterocycles. The standard InChI is InChI=1S/C21H30ClN5O3/c1-12-19(22)16(24-23-12)11-25-8-13-7-14(9-25)20(21(30)26-6-5-15(28)10-26)27-17(13)3-2-4-18(27)29/h13-15,17,20,28H,2-11H2,1H3,(H,23,24)/t13-,14+,15+,17-,20+/m0/s1. The molecule has 0 aliphatic carbocycles. The van der Waals surface area contributed by atoms with Crippen LogP contribution in [0.3, 0.4) is 0 Å². The van der Waals surface area contributed by atoms with Gasteiger partial charge < -0.3 is 14.9 Å². The average Bonchev–Trinajstić information content (AvgIpc) is 3.29. The lowest BCUT2D eigenvalue weighted by Crippen LogP contribution is -2.68. The maximum Gasteiger partial charge on any atom is 0.245 e. The lowest BCUT2D eigenvalue weighted by Gasteiger charge is -2.56. The average molecular weight is 436 g/mol. The van der Waals surface area contributed by atoms with E-state index in [2.05, 4.69) is 15.1 Å². The summed E-state index contributed by atoms with van der Waals surface area (Å²) in [6.07, 6.45) is 3.54. The van der Waals surface area contributed by atoms with Crippen molar-refractivity contribution >= 4 is 23.4 Å². The molecule has 5 atom stereocenters. The number of β-amino-alcohol motifs (C(OH)–C–C–N with tert-alkyl or cyclic N) is 1. The van der Waals surface area contributed by atoms with Gasteiger partial charge in [0.2, 0.25) is 11.8 Å². The number of piperidine rings is 3. The van der Waals surface area contributed by atoms with Crippen molar-refractivity contribution in [1.29, 1.82) is 0 Å². The van der Waals surface area contributed by atoms with Crippen LogP contribution in [-0.4, -0.2) is 86.2 Å². The fourth-order valence-corrected chi connectivity index (χ4v) is 6.26. The number of rotatable bonds is 3. The molecule has 2 amide bonds. The Morgan fingerprint density at radius 2 is 2.07 bits per heavy atom. The van der Waals surface area contributed by atoms with Gasteiger partial charge in [-0.2, -0.15) is 5.10 Å². The number of carbonyl (C=O) groups is 2. The monoisotopic (exact) mass is 435 g/mol. The molecule has 1 aromatic rings. The van der Waals surface area contributed by atoms with Gasteiger partial charge in [-0.05, 0) is 38.5 Å². The maximum atomic E-state index is 13.5. The molecule has 4 fully saturated rings. The van der Waals surface area contributed by atoms with Gasteiger partial charge in [0, 0.05) is 51.1 Å². The van der Waals surface area contributed by atoms with Crippen LogP contribution in [0.15, 0.2) is 0 Å². The Morgan fingerprint density at radius 3 is 2.77 bits per heavy atom. The van der Waals surface area contributed by atoms with Gasteiger partial charge in [-0.1, -0.05) is 11.6 Å². The molecule has 164 valence electrons. The van der Waals surface area contributed by atoms with Crippen LogP contribution in [0.2, 0.25) is 5.02 Å².